The number of likely N-dealkylation sites (N-methyl/N-ethyl adjacent to an activating group) is 1. The monoisotopic (exact) mass is 816 g/mol. The quantitative estimate of drug-likeness (QED) is 0.0199. The summed E-state index contributed by atoms with van der Waals surface area (Å²) in [7, 11) is 1.36. The summed E-state index contributed by atoms with van der Waals surface area (Å²) in [6, 6.07) is 0. The number of hydrogen-bond acceptors (Lipinski definition) is 7. The number of allylic oxidation sites excluding steroid dienone is 2. The molecule has 0 rings (SSSR count). The van der Waals surface area contributed by atoms with Gasteiger partial charge in [0, 0.05) is 13.0 Å². The Labute approximate surface area is 348 Å². The second-order valence-corrected chi connectivity index (χ2v) is 18.9. The number of rotatable bonds is 45. The van der Waals surface area contributed by atoms with Crippen molar-refractivity contribution in [1.82, 2.24) is 0 Å². The number of carbonyl (C=O) groups excluding carboxylic acids is 1. The van der Waals surface area contributed by atoms with Crippen LogP contribution in [0, 0.1) is 0 Å². The van der Waals surface area contributed by atoms with E-state index in [1.807, 2.05) is 21.1 Å². The molecule has 0 heterocycles. The van der Waals surface area contributed by atoms with Crippen LogP contribution in [-0.4, -0.2) is 70.7 Å². The van der Waals surface area contributed by atoms with Gasteiger partial charge in [-0.25, -0.2) is 0 Å². The largest absolute Gasteiger partial charge is 0.756 e. The van der Waals surface area contributed by atoms with Crippen molar-refractivity contribution in [3.8, 4) is 0 Å². The van der Waals surface area contributed by atoms with Crippen LogP contribution in [0.15, 0.2) is 12.2 Å². The van der Waals surface area contributed by atoms with Gasteiger partial charge in [0.2, 0.25) is 0 Å². The molecule has 0 N–H and O–H groups in total. The Balaban J connectivity index is 3.99. The molecule has 0 aliphatic heterocycles. The summed E-state index contributed by atoms with van der Waals surface area (Å²) in [5.74, 6) is -0.341. The van der Waals surface area contributed by atoms with E-state index in [1.54, 1.807) is 0 Å². The van der Waals surface area contributed by atoms with Gasteiger partial charge in [0.1, 0.15) is 19.3 Å². The first kappa shape index (κ1) is 55.2. The van der Waals surface area contributed by atoms with Crippen LogP contribution in [0.3, 0.4) is 0 Å². The number of nitrogens with zero attached hydrogens (tertiary/aromatic N) is 1. The summed E-state index contributed by atoms with van der Waals surface area (Å²) >= 11 is 0. The molecular formula is C47H94NO7P. The fourth-order valence-electron chi connectivity index (χ4n) is 6.84. The van der Waals surface area contributed by atoms with Crippen molar-refractivity contribution in [2.75, 3.05) is 54.1 Å². The maximum Gasteiger partial charge on any atom is 0.306 e. The van der Waals surface area contributed by atoms with Crippen LogP contribution < -0.4 is 4.89 Å². The number of unbranched alkanes of at least 4 members (excludes halogenated alkanes) is 29. The fourth-order valence-corrected chi connectivity index (χ4v) is 7.57. The molecule has 56 heavy (non-hydrogen) atoms. The molecule has 0 radical (unpaired) electrons. The number of carbonyl (C=O) groups is 1. The second kappa shape index (κ2) is 41.0. The molecule has 8 nitrogen and oxygen atoms in total. The van der Waals surface area contributed by atoms with Crippen LogP contribution >= 0.6 is 7.82 Å². The molecule has 0 fully saturated rings. The van der Waals surface area contributed by atoms with Gasteiger partial charge in [0.25, 0.3) is 7.82 Å². The molecule has 0 aromatic carbocycles. The van der Waals surface area contributed by atoms with E-state index in [0.717, 1.165) is 51.4 Å². The Kier molecular flexibility index (Phi) is 40.4. The number of hydrogen-bond donors (Lipinski definition) is 0. The van der Waals surface area contributed by atoms with Gasteiger partial charge in [0.15, 0.2) is 0 Å². The summed E-state index contributed by atoms with van der Waals surface area (Å²) in [4.78, 5) is 25.0. The molecular weight excluding hydrogens is 721 g/mol. The lowest BCUT2D eigenvalue weighted by Gasteiger charge is -2.28. The number of esters is 1. The zero-order valence-electron chi connectivity index (χ0n) is 37.9. The summed E-state index contributed by atoms with van der Waals surface area (Å²) in [5.41, 5.74) is 0. The first-order valence-electron chi connectivity index (χ1n) is 23.9. The molecule has 2 unspecified atom stereocenters. The van der Waals surface area contributed by atoms with E-state index >= 15 is 0 Å². The molecule has 0 bridgehead atoms. The van der Waals surface area contributed by atoms with Gasteiger partial charge in [-0.05, 0) is 32.1 Å². The number of phosphoric ester groups is 1. The van der Waals surface area contributed by atoms with E-state index in [9.17, 15) is 14.3 Å². The predicted octanol–water partition coefficient (Wildman–Crippen LogP) is 13.6. The van der Waals surface area contributed by atoms with Gasteiger partial charge in [0.05, 0.1) is 34.4 Å². The third-order valence-electron chi connectivity index (χ3n) is 10.5. The Morgan fingerprint density at radius 1 is 0.536 bits per heavy atom. The SMILES string of the molecule is CCC/C=C\CCCCCCCC(=O)OC(COCCCCCCCCCCCCCCCCCCCCCCCCCC)COP(=O)([O-])OCC[N+](C)(C)C. The highest BCUT2D eigenvalue weighted by Crippen LogP contribution is 2.38. The van der Waals surface area contributed by atoms with Crippen molar-refractivity contribution in [3.05, 3.63) is 12.2 Å². The highest BCUT2D eigenvalue weighted by atomic mass is 31.2. The Hall–Kier alpha value is -0.760. The highest BCUT2D eigenvalue weighted by molar-refractivity contribution is 7.45. The van der Waals surface area contributed by atoms with E-state index < -0.39 is 13.9 Å². The molecule has 9 heteroatoms. The Morgan fingerprint density at radius 2 is 0.964 bits per heavy atom. The van der Waals surface area contributed by atoms with Crippen LogP contribution in [-0.2, 0) is 27.9 Å². The van der Waals surface area contributed by atoms with E-state index in [-0.39, 0.29) is 25.8 Å². The van der Waals surface area contributed by atoms with Crippen LogP contribution in [0.25, 0.3) is 0 Å². The molecule has 0 aliphatic carbocycles. The number of phosphoric acid groups is 1. The summed E-state index contributed by atoms with van der Waals surface area (Å²) in [6.07, 6.45) is 45.3. The third kappa shape index (κ3) is 44.3. The molecule has 0 aromatic heterocycles. The van der Waals surface area contributed by atoms with Crippen LogP contribution in [0.4, 0.5) is 0 Å². The minimum absolute atomic E-state index is 0.0276. The number of quaternary nitrogens is 1. The Morgan fingerprint density at radius 3 is 1.43 bits per heavy atom. The lowest BCUT2D eigenvalue weighted by molar-refractivity contribution is -0.870. The topological polar surface area (TPSA) is 94.1 Å². The van der Waals surface area contributed by atoms with Crippen molar-refractivity contribution in [2.24, 2.45) is 0 Å². The van der Waals surface area contributed by atoms with E-state index in [1.165, 1.54) is 154 Å². The lowest BCUT2D eigenvalue weighted by Crippen LogP contribution is -2.37. The first-order chi connectivity index (χ1) is 27.1. The zero-order chi connectivity index (χ0) is 41.3. The van der Waals surface area contributed by atoms with Gasteiger partial charge in [-0.15, -0.1) is 0 Å². The summed E-state index contributed by atoms with van der Waals surface area (Å²) < 4.78 is 34.6. The average Bonchev–Trinajstić information content (AvgIpc) is 3.15. The molecule has 334 valence electrons. The average molecular weight is 816 g/mol. The fraction of sp³-hybridized carbons (Fsp3) is 0.936. The van der Waals surface area contributed by atoms with Crippen molar-refractivity contribution < 1.29 is 37.3 Å². The second-order valence-electron chi connectivity index (χ2n) is 17.5. The van der Waals surface area contributed by atoms with Crippen molar-refractivity contribution in [1.29, 1.82) is 0 Å². The molecule has 0 saturated carbocycles. The third-order valence-corrected chi connectivity index (χ3v) is 11.5. The van der Waals surface area contributed by atoms with E-state index in [0.29, 0.717) is 24.1 Å². The zero-order valence-corrected chi connectivity index (χ0v) is 38.7. The van der Waals surface area contributed by atoms with Crippen LogP contribution in [0.2, 0.25) is 0 Å². The maximum absolute atomic E-state index is 12.6. The standard InChI is InChI=1S/C47H94NO7P/c1-6-8-10-12-14-16-18-19-20-21-22-23-24-25-26-27-28-29-30-31-33-35-37-39-42-52-44-46(45-54-56(50,51)53-43-41-48(3,4)5)55-47(49)40-38-36-34-32-17-15-13-11-9-7-2/h11,13,46H,6-10,12,14-45H2,1-5H3/b13-11-. The molecule has 0 amide bonds. The molecule has 0 aliphatic rings. The predicted molar refractivity (Wildman–Crippen MR) is 236 cm³/mol. The van der Waals surface area contributed by atoms with Gasteiger partial charge in [-0.2, -0.15) is 0 Å². The highest BCUT2D eigenvalue weighted by Gasteiger charge is 2.20. The molecule has 0 spiro atoms. The minimum Gasteiger partial charge on any atom is -0.756 e. The lowest BCUT2D eigenvalue weighted by atomic mass is 10.0. The number of ether oxygens (including phenoxy) is 2. The van der Waals surface area contributed by atoms with E-state index in [2.05, 4.69) is 26.0 Å². The minimum atomic E-state index is -4.52. The van der Waals surface area contributed by atoms with Crippen molar-refractivity contribution >= 4 is 13.8 Å². The van der Waals surface area contributed by atoms with Crippen molar-refractivity contribution in [2.45, 2.75) is 232 Å². The normalized spacial score (nSPS) is 13.8. The smallest absolute Gasteiger partial charge is 0.306 e. The van der Waals surface area contributed by atoms with Gasteiger partial charge in [-0.1, -0.05) is 199 Å². The molecule has 0 aromatic rings. The first-order valence-corrected chi connectivity index (χ1v) is 25.4. The summed E-state index contributed by atoms with van der Waals surface area (Å²) in [5, 5.41) is 0. The van der Waals surface area contributed by atoms with Gasteiger partial charge >= 0.3 is 5.97 Å². The van der Waals surface area contributed by atoms with E-state index in [4.69, 9.17) is 18.5 Å². The molecule has 2 atom stereocenters. The van der Waals surface area contributed by atoms with Crippen molar-refractivity contribution in [3.63, 3.8) is 0 Å². The van der Waals surface area contributed by atoms with Gasteiger partial charge in [-0.3, -0.25) is 9.36 Å². The Bertz CT molecular complexity index is 909. The van der Waals surface area contributed by atoms with Gasteiger partial charge < -0.3 is 27.9 Å². The maximum atomic E-state index is 12.6. The molecule has 0 saturated heterocycles. The van der Waals surface area contributed by atoms with Crippen LogP contribution in [0.5, 0.6) is 0 Å². The summed E-state index contributed by atoms with van der Waals surface area (Å²) in [6.45, 7) is 5.38. The van der Waals surface area contributed by atoms with Crippen LogP contribution in [0.1, 0.15) is 226 Å².